The molecule has 0 saturated heterocycles. The third-order valence-electron chi connectivity index (χ3n) is 3.96. The van der Waals surface area contributed by atoms with Crippen LogP contribution in [0, 0.1) is 6.92 Å². The summed E-state index contributed by atoms with van der Waals surface area (Å²) in [6.45, 7) is 2.17. The number of rotatable bonds is 2. The molecule has 0 bridgehead atoms. The van der Waals surface area contributed by atoms with Gasteiger partial charge in [0.05, 0.1) is 17.2 Å². The molecule has 0 radical (unpaired) electrons. The van der Waals surface area contributed by atoms with Crippen molar-refractivity contribution in [3.8, 4) is 0 Å². The highest BCUT2D eigenvalue weighted by molar-refractivity contribution is 6.09. The minimum Gasteiger partial charge on any atom is -0.478 e. The van der Waals surface area contributed by atoms with Crippen LogP contribution in [0.4, 0.5) is 0 Å². The van der Waals surface area contributed by atoms with Crippen LogP contribution in [0.1, 0.15) is 5.56 Å². The zero-order valence-corrected chi connectivity index (χ0v) is 14.0. The number of aryl methyl sites for hydroxylation is 1. The molecule has 0 atom stereocenters. The van der Waals surface area contributed by atoms with Crippen molar-refractivity contribution in [3.05, 3.63) is 72.7 Å². The summed E-state index contributed by atoms with van der Waals surface area (Å²) < 4.78 is 2.22. The number of aliphatic carboxylic acids is 2. The second kappa shape index (κ2) is 7.06. The molecule has 130 valence electrons. The molecule has 2 N–H and O–H groups in total. The third kappa shape index (κ3) is 3.39. The van der Waals surface area contributed by atoms with Gasteiger partial charge in [-0.05, 0) is 23.9 Å². The number of fused-ring (bicyclic) bond motifs is 5. The van der Waals surface area contributed by atoms with E-state index in [1.54, 1.807) is 0 Å². The molecule has 6 heteroatoms. The topological polar surface area (TPSA) is 91.9 Å². The van der Waals surface area contributed by atoms with Gasteiger partial charge in [0.25, 0.3) is 0 Å². The van der Waals surface area contributed by atoms with E-state index in [2.05, 4.69) is 52.7 Å². The Morgan fingerprint density at radius 2 is 1.73 bits per heavy atom. The Morgan fingerprint density at radius 3 is 2.42 bits per heavy atom. The van der Waals surface area contributed by atoms with Crippen LogP contribution in [-0.2, 0) is 9.59 Å². The first-order chi connectivity index (χ1) is 12.5. The molecule has 0 aliphatic heterocycles. The SMILES string of the molecule is Cc1cccc2ccc3cc4cnccn4c3c12.O=C(O)/C=C/C(=O)O. The number of carboxylic acid groups (broad SMARTS) is 2. The Morgan fingerprint density at radius 1 is 1.04 bits per heavy atom. The van der Waals surface area contributed by atoms with Gasteiger partial charge in [-0.1, -0.05) is 30.3 Å². The fourth-order valence-corrected chi connectivity index (χ4v) is 2.92. The fraction of sp³-hybridized carbons (Fsp3) is 0.0500. The number of hydrogen-bond acceptors (Lipinski definition) is 3. The van der Waals surface area contributed by atoms with Gasteiger partial charge in [0.1, 0.15) is 0 Å². The minimum atomic E-state index is -1.26. The molecule has 0 spiro atoms. The summed E-state index contributed by atoms with van der Waals surface area (Å²) in [5.74, 6) is -2.51. The van der Waals surface area contributed by atoms with Crippen molar-refractivity contribution in [2.75, 3.05) is 0 Å². The highest BCUT2D eigenvalue weighted by Crippen LogP contribution is 2.30. The molecule has 0 fully saturated rings. The Labute approximate surface area is 148 Å². The average molecular weight is 348 g/mol. The molecular weight excluding hydrogens is 332 g/mol. The molecule has 2 aromatic carbocycles. The minimum absolute atomic E-state index is 0.558. The summed E-state index contributed by atoms with van der Waals surface area (Å²) >= 11 is 0. The number of hydrogen-bond donors (Lipinski definition) is 2. The smallest absolute Gasteiger partial charge is 0.328 e. The van der Waals surface area contributed by atoms with Gasteiger partial charge in [-0.15, -0.1) is 0 Å². The standard InChI is InChI=1S/C16H12N2.C4H4O4/c1-11-3-2-4-12-5-6-13-9-14-10-17-7-8-18(14)16(13)15(11)12;5-3(6)1-2-4(7)8/h2-10H,1H3;1-2H,(H,5,6)(H,7,8)/b;2-1+. The predicted molar refractivity (Wildman–Crippen MR) is 99.4 cm³/mol. The van der Waals surface area contributed by atoms with Crippen LogP contribution < -0.4 is 0 Å². The lowest BCUT2D eigenvalue weighted by atomic mass is 10.0. The highest BCUT2D eigenvalue weighted by Gasteiger charge is 2.08. The van der Waals surface area contributed by atoms with E-state index < -0.39 is 11.9 Å². The molecule has 2 aromatic heterocycles. The van der Waals surface area contributed by atoms with Gasteiger partial charge in [0.2, 0.25) is 0 Å². The largest absolute Gasteiger partial charge is 0.478 e. The quantitative estimate of drug-likeness (QED) is 0.539. The number of nitrogens with zero attached hydrogens (tertiary/aromatic N) is 2. The Bertz CT molecular complexity index is 1140. The molecule has 0 unspecified atom stereocenters. The first-order valence-corrected chi connectivity index (χ1v) is 7.84. The van der Waals surface area contributed by atoms with Crippen LogP contribution in [0.3, 0.4) is 0 Å². The first kappa shape index (κ1) is 17.2. The van der Waals surface area contributed by atoms with Gasteiger partial charge in [-0.3, -0.25) is 4.98 Å². The first-order valence-electron chi connectivity index (χ1n) is 7.84. The van der Waals surface area contributed by atoms with Crippen molar-refractivity contribution < 1.29 is 19.8 Å². The van der Waals surface area contributed by atoms with Crippen LogP contribution in [0.2, 0.25) is 0 Å². The number of benzene rings is 2. The van der Waals surface area contributed by atoms with Crippen molar-refractivity contribution in [3.63, 3.8) is 0 Å². The highest BCUT2D eigenvalue weighted by atomic mass is 16.4. The maximum atomic E-state index is 9.55. The average Bonchev–Trinajstić information content (AvgIpc) is 2.99. The summed E-state index contributed by atoms with van der Waals surface area (Å²) in [5.41, 5.74) is 3.74. The van der Waals surface area contributed by atoms with Crippen LogP contribution in [0.5, 0.6) is 0 Å². The van der Waals surface area contributed by atoms with Crippen molar-refractivity contribution in [1.29, 1.82) is 0 Å². The lowest BCUT2D eigenvalue weighted by Crippen LogP contribution is -1.91. The molecule has 26 heavy (non-hydrogen) atoms. The zero-order chi connectivity index (χ0) is 18.7. The molecule has 6 nitrogen and oxygen atoms in total. The van der Waals surface area contributed by atoms with E-state index in [0.717, 1.165) is 5.52 Å². The Balaban J connectivity index is 0.000000211. The molecule has 4 aromatic rings. The Hall–Kier alpha value is -3.67. The summed E-state index contributed by atoms with van der Waals surface area (Å²) in [4.78, 5) is 23.3. The van der Waals surface area contributed by atoms with E-state index in [-0.39, 0.29) is 0 Å². The van der Waals surface area contributed by atoms with Gasteiger partial charge in [-0.25, -0.2) is 9.59 Å². The maximum absolute atomic E-state index is 9.55. The molecule has 0 aliphatic carbocycles. The molecule has 0 amide bonds. The zero-order valence-electron chi connectivity index (χ0n) is 14.0. The molecule has 0 saturated carbocycles. The summed E-state index contributed by atoms with van der Waals surface area (Å²) in [7, 11) is 0. The number of carbonyl (C=O) groups is 2. The lowest BCUT2D eigenvalue weighted by Gasteiger charge is -2.05. The predicted octanol–water partition coefficient (Wildman–Crippen LogP) is 3.66. The van der Waals surface area contributed by atoms with Crippen molar-refractivity contribution >= 4 is 39.1 Å². The van der Waals surface area contributed by atoms with Gasteiger partial charge >= 0.3 is 11.9 Å². The molecular formula is C20H16N2O4. The van der Waals surface area contributed by atoms with Crippen LogP contribution in [0.25, 0.3) is 27.2 Å². The van der Waals surface area contributed by atoms with Gasteiger partial charge in [0.15, 0.2) is 0 Å². The van der Waals surface area contributed by atoms with E-state index in [4.69, 9.17) is 10.2 Å². The number of carboxylic acids is 2. The second-order valence-electron chi connectivity index (χ2n) is 5.70. The van der Waals surface area contributed by atoms with Crippen LogP contribution >= 0.6 is 0 Å². The van der Waals surface area contributed by atoms with Crippen molar-refractivity contribution in [2.45, 2.75) is 6.92 Å². The van der Waals surface area contributed by atoms with Crippen molar-refractivity contribution in [1.82, 2.24) is 9.38 Å². The van der Waals surface area contributed by atoms with E-state index in [1.165, 1.54) is 27.2 Å². The number of aromatic nitrogens is 2. The molecule has 0 aliphatic rings. The van der Waals surface area contributed by atoms with Gasteiger partial charge in [0, 0.05) is 35.3 Å². The summed E-state index contributed by atoms with van der Waals surface area (Å²) in [6, 6.07) is 13.0. The summed E-state index contributed by atoms with van der Waals surface area (Å²) in [5, 5.41) is 19.5. The van der Waals surface area contributed by atoms with E-state index in [9.17, 15) is 9.59 Å². The van der Waals surface area contributed by atoms with E-state index in [0.29, 0.717) is 12.2 Å². The van der Waals surface area contributed by atoms with Crippen LogP contribution in [0.15, 0.2) is 67.1 Å². The second-order valence-corrected chi connectivity index (χ2v) is 5.70. The lowest BCUT2D eigenvalue weighted by molar-refractivity contribution is -0.134. The van der Waals surface area contributed by atoms with Gasteiger partial charge in [-0.2, -0.15) is 0 Å². The molecule has 4 rings (SSSR count). The van der Waals surface area contributed by atoms with E-state index in [1.807, 2.05) is 18.6 Å². The fourth-order valence-electron chi connectivity index (χ4n) is 2.92. The normalized spacial score (nSPS) is 11.0. The maximum Gasteiger partial charge on any atom is 0.328 e. The Kier molecular flexibility index (Phi) is 4.66. The van der Waals surface area contributed by atoms with Gasteiger partial charge < -0.3 is 14.6 Å². The van der Waals surface area contributed by atoms with Crippen molar-refractivity contribution in [2.24, 2.45) is 0 Å². The molecule has 2 heterocycles. The monoisotopic (exact) mass is 348 g/mol. The third-order valence-corrected chi connectivity index (χ3v) is 3.96. The van der Waals surface area contributed by atoms with E-state index >= 15 is 0 Å². The summed E-state index contributed by atoms with van der Waals surface area (Å²) in [6.07, 6.45) is 6.89. The van der Waals surface area contributed by atoms with Crippen LogP contribution in [-0.4, -0.2) is 31.5 Å².